The number of rotatable bonds is 3. The van der Waals surface area contributed by atoms with Crippen LogP contribution in [-0.4, -0.2) is 21.7 Å². The summed E-state index contributed by atoms with van der Waals surface area (Å²) in [5.41, 5.74) is 1.21. The third kappa shape index (κ3) is 2.94. The zero-order valence-electron chi connectivity index (χ0n) is 8.97. The summed E-state index contributed by atoms with van der Waals surface area (Å²) in [7, 11) is -1.76. The Kier molecular flexibility index (Phi) is 3.36. The predicted octanol–water partition coefficient (Wildman–Crippen LogP) is 1.57. The highest BCUT2D eigenvalue weighted by Crippen LogP contribution is 2.19. The van der Waals surface area contributed by atoms with Crippen LogP contribution in [0.25, 0.3) is 0 Å². The molecule has 4 nitrogen and oxygen atoms in total. The molecule has 0 amide bonds. The first-order chi connectivity index (χ1) is 6.82. The fourth-order valence-electron chi connectivity index (χ4n) is 1.15. The third-order valence-electron chi connectivity index (χ3n) is 2.22. The summed E-state index contributed by atoms with van der Waals surface area (Å²) in [6, 6.07) is 6.55. The van der Waals surface area contributed by atoms with Crippen molar-refractivity contribution in [3.63, 3.8) is 0 Å². The smallest absolute Gasteiger partial charge is 0.231 e. The number of sulfonamides is 1. The SMILES string of the molecule is CC([O])c1ccc(N(C)S(C)(=O)=O)cc1. The highest BCUT2D eigenvalue weighted by atomic mass is 32.2. The van der Waals surface area contributed by atoms with Crippen molar-refractivity contribution in [3.05, 3.63) is 29.8 Å². The second kappa shape index (κ2) is 4.20. The van der Waals surface area contributed by atoms with E-state index in [1.807, 2.05) is 0 Å². The van der Waals surface area contributed by atoms with Crippen LogP contribution in [-0.2, 0) is 15.1 Å². The van der Waals surface area contributed by atoms with Crippen LogP contribution < -0.4 is 4.31 Å². The van der Waals surface area contributed by atoms with Gasteiger partial charge in [0.1, 0.15) is 6.10 Å². The van der Waals surface area contributed by atoms with Crippen molar-refractivity contribution in [1.29, 1.82) is 0 Å². The molecule has 0 bridgehead atoms. The van der Waals surface area contributed by atoms with E-state index < -0.39 is 16.1 Å². The van der Waals surface area contributed by atoms with Crippen LogP contribution in [0.2, 0.25) is 0 Å². The molecule has 1 aromatic rings. The predicted molar refractivity (Wildman–Crippen MR) is 58.8 cm³/mol. The lowest BCUT2D eigenvalue weighted by Gasteiger charge is -2.16. The summed E-state index contributed by atoms with van der Waals surface area (Å²) in [5, 5.41) is 11.1. The molecule has 0 aromatic heterocycles. The van der Waals surface area contributed by atoms with E-state index in [0.717, 1.165) is 6.26 Å². The zero-order chi connectivity index (χ0) is 11.6. The van der Waals surface area contributed by atoms with E-state index in [4.69, 9.17) is 0 Å². The monoisotopic (exact) mass is 228 g/mol. The highest BCUT2D eigenvalue weighted by Gasteiger charge is 2.11. The first-order valence-electron chi connectivity index (χ1n) is 4.52. The normalized spacial score (nSPS) is 13.6. The minimum atomic E-state index is -3.23. The molecule has 0 aliphatic rings. The van der Waals surface area contributed by atoms with E-state index in [2.05, 4.69) is 0 Å². The van der Waals surface area contributed by atoms with Gasteiger partial charge in [0.05, 0.1) is 11.9 Å². The summed E-state index contributed by atoms with van der Waals surface area (Å²) in [6.07, 6.45) is 0.347. The Balaban J connectivity index is 3.00. The topological polar surface area (TPSA) is 57.3 Å². The van der Waals surface area contributed by atoms with Crippen molar-refractivity contribution >= 4 is 15.7 Å². The zero-order valence-corrected chi connectivity index (χ0v) is 9.78. The Morgan fingerprint density at radius 3 is 2.00 bits per heavy atom. The van der Waals surface area contributed by atoms with E-state index in [1.165, 1.54) is 11.4 Å². The van der Waals surface area contributed by atoms with Crippen molar-refractivity contribution in [1.82, 2.24) is 0 Å². The van der Waals surface area contributed by atoms with Gasteiger partial charge >= 0.3 is 0 Å². The van der Waals surface area contributed by atoms with Gasteiger partial charge in [0, 0.05) is 7.05 Å². The molecule has 0 aliphatic carbocycles. The molecule has 0 N–H and O–H groups in total. The van der Waals surface area contributed by atoms with Crippen LogP contribution in [0, 0.1) is 0 Å². The molecule has 5 heteroatoms. The standard InChI is InChI=1S/C10H14NO3S/c1-8(12)9-4-6-10(7-5-9)11(2)15(3,13)14/h4-8H,1-3H3. The summed E-state index contributed by atoms with van der Waals surface area (Å²) in [4.78, 5) is 0. The van der Waals surface area contributed by atoms with Gasteiger partial charge in [-0.25, -0.2) is 13.5 Å². The molecule has 83 valence electrons. The molecule has 0 fully saturated rings. The molecule has 0 saturated heterocycles. The third-order valence-corrected chi connectivity index (χ3v) is 3.43. The lowest BCUT2D eigenvalue weighted by atomic mass is 10.1. The maximum Gasteiger partial charge on any atom is 0.231 e. The summed E-state index contributed by atoms with van der Waals surface area (Å²) in [6.45, 7) is 1.55. The van der Waals surface area contributed by atoms with Gasteiger partial charge in [-0.2, -0.15) is 0 Å². The molecule has 0 saturated carbocycles. The van der Waals surface area contributed by atoms with Crippen molar-refractivity contribution in [2.75, 3.05) is 17.6 Å². The van der Waals surface area contributed by atoms with Gasteiger partial charge < -0.3 is 0 Å². The van der Waals surface area contributed by atoms with E-state index >= 15 is 0 Å². The fraction of sp³-hybridized carbons (Fsp3) is 0.400. The van der Waals surface area contributed by atoms with Gasteiger partial charge in [0.25, 0.3) is 0 Å². The largest absolute Gasteiger partial charge is 0.274 e. The highest BCUT2D eigenvalue weighted by molar-refractivity contribution is 7.92. The molecule has 1 unspecified atom stereocenters. The van der Waals surface area contributed by atoms with Crippen molar-refractivity contribution < 1.29 is 13.5 Å². The van der Waals surface area contributed by atoms with Gasteiger partial charge in [-0.15, -0.1) is 0 Å². The van der Waals surface area contributed by atoms with E-state index in [-0.39, 0.29) is 0 Å². The molecule has 1 radical (unpaired) electrons. The molecule has 0 aliphatic heterocycles. The Morgan fingerprint density at radius 2 is 1.67 bits per heavy atom. The number of benzene rings is 1. The van der Waals surface area contributed by atoms with Crippen LogP contribution in [0.1, 0.15) is 18.6 Å². The van der Waals surface area contributed by atoms with Crippen LogP contribution in [0.4, 0.5) is 5.69 Å². The van der Waals surface area contributed by atoms with Gasteiger partial charge in [-0.1, -0.05) is 12.1 Å². The van der Waals surface area contributed by atoms with E-state index in [9.17, 15) is 13.5 Å². The average molecular weight is 228 g/mol. The van der Waals surface area contributed by atoms with Gasteiger partial charge in [-0.05, 0) is 24.6 Å². The number of hydrogen-bond acceptors (Lipinski definition) is 2. The van der Waals surface area contributed by atoms with Crippen molar-refractivity contribution in [2.45, 2.75) is 13.0 Å². The molecule has 0 spiro atoms. The number of hydrogen-bond donors (Lipinski definition) is 0. The van der Waals surface area contributed by atoms with Gasteiger partial charge in [-0.3, -0.25) is 4.31 Å². The molecule has 1 rings (SSSR count). The van der Waals surface area contributed by atoms with Crippen LogP contribution in [0.3, 0.4) is 0 Å². The summed E-state index contributed by atoms with van der Waals surface area (Å²) in [5.74, 6) is 0. The quantitative estimate of drug-likeness (QED) is 0.788. The molecule has 0 heterocycles. The Morgan fingerprint density at radius 1 is 1.20 bits per heavy atom. The first kappa shape index (κ1) is 12.0. The second-order valence-corrected chi connectivity index (χ2v) is 5.48. The molecule has 1 atom stereocenters. The maximum absolute atomic E-state index is 11.2. The van der Waals surface area contributed by atoms with Crippen molar-refractivity contribution in [3.8, 4) is 0 Å². The van der Waals surface area contributed by atoms with E-state index in [0.29, 0.717) is 11.3 Å². The lowest BCUT2D eigenvalue weighted by molar-refractivity contribution is 0.106. The van der Waals surface area contributed by atoms with E-state index in [1.54, 1.807) is 31.2 Å². The minimum Gasteiger partial charge on any atom is -0.274 e. The van der Waals surface area contributed by atoms with Crippen LogP contribution in [0.15, 0.2) is 24.3 Å². The van der Waals surface area contributed by atoms with Crippen LogP contribution in [0.5, 0.6) is 0 Å². The minimum absolute atomic E-state index is 0.557. The Bertz CT molecular complexity index is 422. The van der Waals surface area contributed by atoms with Gasteiger partial charge in [0.2, 0.25) is 10.0 Å². The van der Waals surface area contributed by atoms with Crippen molar-refractivity contribution in [2.24, 2.45) is 0 Å². The number of anilines is 1. The first-order valence-corrected chi connectivity index (χ1v) is 6.37. The lowest BCUT2D eigenvalue weighted by Crippen LogP contribution is -2.24. The summed E-state index contributed by atoms with van der Waals surface area (Å²) >= 11 is 0. The Labute approximate surface area is 90.2 Å². The fourth-order valence-corrected chi connectivity index (χ4v) is 1.65. The molecule has 1 aromatic carbocycles. The van der Waals surface area contributed by atoms with Crippen LogP contribution >= 0.6 is 0 Å². The Hall–Kier alpha value is -1.07. The average Bonchev–Trinajstić information content (AvgIpc) is 2.15. The second-order valence-electron chi connectivity index (χ2n) is 3.46. The maximum atomic E-state index is 11.2. The molecule has 15 heavy (non-hydrogen) atoms. The summed E-state index contributed by atoms with van der Waals surface area (Å²) < 4.78 is 23.6. The molecular formula is C10H14NO3S. The number of nitrogens with zero attached hydrogens (tertiary/aromatic N) is 1. The van der Waals surface area contributed by atoms with Gasteiger partial charge in [0.15, 0.2) is 0 Å². The molecular weight excluding hydrogens is 214 g/mol.